The Morgan fingerprint density at radius 2 is 2.14 bits per heavy atom. The number of H-pyrrole nitrogens is 1. The summed E-state index contributed by atoms with van der Waals surface area (Å²) < 4.78 is 0. The summed E-state index contributed by atoms with van der Waals surface area (Å²) in [6.45, 7) is 2.56. The number of aryl methyl sites for hydroxylation is 1. The molecule has 3 aromatic rings. The standard InChI is InChI=1S/C15H13Cl2N3S/c1-9-5-12(17)13(6-11(9)16)18-7-10-8-19-20-15(10)14-3-2-4-21-14/h2-6,8,18H,7H2,1H3,(H,19,20). The van der Waals surface area contributed by atoms with Crippen LogP contribution in [0.5, 0.6) is 0 Å². The zero-order chi connectivity index (χ0) is 14.8. The number of anilines is 1. The Kier molecular flexibility index (Phi) is 4.19. The normalized spacial score (nSPS) is 10.8. The fourth-order valence-electron chi connectivity index (χ4n) is 2.05. The molecule has 108 valence electrons. The minimum absolute atomic E-state index is 0.628. The van der Waals surface area contributed by atoms with Crippen LogP contribution in [0.25, 0.3) is 10.6 Å². The van der Waals surface area contributed by atoms with E-state index in [2.05, 4.69) is 21.6 Å². The lowest BCUT2D eigenvalue weighted by Gasteiger charge is -2.10. The highest BCUT2D eigenvalue weighted by atomic mass is 35.5. The fourth-order valence-corrected chi connectivity index (χ4v) is 3.26. The molecule has 21 heavy (non-hydrogen) atoms. The average molecular weight is 338 g/mol. The summed E-state index contributed by atoms with van der Waals surface area (Å²) in [5.74, 6) is 0. The third-order valence-electron chi connectivity index (χ3n) is 3.20. The molecule has 0 spiro atoms. The van der Waals surface area contributed by atoms with E-state index in [1.54, 1.807) is 11.3 Å². The van der Waals surface area contributed by atoms with E-state index < -0.39 is 0 Å². The number of hydrogen-bond acceptors (Lipinski definition) is 3. The molecular formula is C15H13Cl2N3S. The third kappa shape index (κ3) is 3.07. The van der Waals surface area contributed by atoms with Gasteiger partial charge in [-0.15, -0.1) is 11.3 Å². The van der Waals surface area contributed by atoms with Crippen molar-refractivity contribution in [3.8, 4) is 10.6 Å². The van der Waals surface area contributed by atoms with Gasteiger partial charge >= 0.3 is 0 Å². The molecule has 0 fully saturated rings. The molecule has 0 aliphatic carbocycles. The first kappa shape index (κ1) is 14.4. The van der Waals surface area contributed by atoms with Crippen molar-refractivity contribution in [2.24, 2.45) is 0 Å². The van der Waals surface area contributed by atoms with E-state index in [-0.39, 0.29) is 0 Å². The Hall–Kier alpha value is -1.49. The molecule has 2 aromatic heterocycles. The van der Waals surface area contributed by atoms with E-state index in [0.717, 1.165) is 27.4 Å². The molecule has 0 saturated carbocycles. The second kappa shape index (κ2) is 6.10. The topological polar surface area (TPSA) is 40.7 Å². The number of nitrogens with zero attached hydrogens (tertiary/aromatic N) is 1. The van der Waals surface area contributed by atoms with Crippen LogP contribution in [0.15, 0.2) is 35.8 Å². The van der Waals surface area contributed by atoms with Crippen molar-refractivity contribution in [3.63, 3.8) is 0 Å². The van der Waals surface area contributed by atoms with Crippen LogP contribution in [-0.2, 0) is 6.54 Å². The highest BCUT2D eigenvalue weighted by Gasteiger charge is 2.10. The maximum Gasteiger partial charge on any atom is 0.0799 e. The summed E-state index contributed by atoms with van der Waals surface area (Å²) in [5.41, 5.74) is 3.91. The Labute approximate surface area is 136 Å². The lowest BCUT2D eigenvalue weighted by Crippen LogP contribution is -2.00. The van der Waals surface area contributed by atoms with Crippen LogP contribution in [0.3, 0.4) is 0 Å². The highest BCUT2D eigenvalue weighted by molar-refractivity contribution is 7.13. The molecule has 0 amide bonds. The molecule has 0 aliphatic heterocycles. The molecular weight excluding hydrogens is 325 g/mol. The number of benzene rings is 1. The number of hydrogen-bond donors (Lipinski definition) is 2. The van der Waals surface area contributed by atoms with Gasteiger partial charge in [0.2, 0.25) is 0 Å². The molecule has 0 saturated heterocycles. The van der Waals surface area contributed by atoms with Crippen LogP contribution in [0.1, 0.15) is 11.1 Å². The van der Waals surface area contributed by atoms with Gasteiger partial charge in [-0.05, 0) is 36.1 Å². The molecule has 3 nitrogen and oxygen atoms in total. The largest absolute Gasteiger partial charge is 0.380 e. The van der Waals surface area contributed by atoms with Crippen molar-refractivity contribution in [2.45, 2.75) is 13.5 Å². The van der Waals surface area contributed by atoms with Gasteiger partial charge in [-0.1, -0.05) is 29.3 Å². The number of nitrogens with one attached hydrogen (secondary N) is 2. The minimum Gasteiger partial charge on any atom is -0.380 e. The van der Waals surface area contributed by atoms with Gasteiger partial charge in [-0.3, -0.25) is 5.10 Å². The van der Waals surface area contributed by atoms with Crippen molar-refractivity contribution < 1.29 is 0 Å². The van der Waals surface area contributed by atoms with Crippen LogP contribution in [0.4, 0.5) is 5.69 Å². The summed E-state index contributed by atoms with van der Waals surface area (Å²) in [6.07, 6.45) is 1.83. The molecule has 0 aliphatic rings. The van der Waals surface area contributed by atoms with Gasteiger partial charge in [0, 0.05) is 17.1 Å². The molecule has 3 rings (SSSR count). The number of halogens is 2. The summed E-state index contributed by atoms with van der Waals surface area (Å²) >= 11 is 14.1. The fraction of sp³-hybridized carbons (Fsp3) is 0.133. The van der Waals surface area contributed by atoms with Crippen LogP contribution < -0.4 is 5.32 Å². The SMILES string of the molecule is Cc1cc(Cl)c(NCc2cn[nH]c2-c2cccs2)cc1Cl. The molecule has 2 N–H and O–H groups in total. The smallest absolute Gasteiger partial charge is 0.0799 e. The van der Waals surface area contributed by atoms with Crippen molar-refractivity contribution >= 4 is 40.2 Å². The number of rotatable bonds is 4. The van der Waals surface area contributed by atoms with Gasteiger partial charge < -0.3 is 5.32 Å². The zero-order valence-electron chi connectivity index (χ0n) is 11.3. The third-order valence-corrected chi connectivity index (χ3v) is 4.81. The first-order chi connectivity index (χ1) is 10.1. The first-order valence-corrected chi connectivity index (χ1v) is 8.04. The molecule has 1 aromatic carbocycles. The van der Waals surface area contributed by atoms with Crippen LogP contribution in [0, 0.1) is 6.92 Å². The predicted molar refractivity (Wildman–Crippen MR) is 90.4 cm³/mol. The Morgan fingerprint density at radius 3 is 2.90 bits per heavy atom. The summed E-state index contributed by atoms with van der Waals surface area (Å²) in [6, 6.07) is 7.80. The van der Waals surface area contributed by atoms with Gasteiger partial charge in [0.05, 0.1) is 27.5 Å². The van der Waals surface area contributed by atoms with E-state index in [9.17, 15) is 0 Å². The van der Waals surface area contributed by atoms with Crippen molar-refractivity contribution in [1.29, 1.82) is 0 Å². The monoisotopic (exact) mass is 337 g/mol. The molecule has 0 unspecified atom stereocenters. The Bertz CT molecular complexity index is 750. The highest BCUT2D eigenvalue weighted by Crippen LogP contribution is 2.30. The Balaban J connectivity index is 1.80. The maximum absolute atomic E-state index is 6.24. The van der Waals surface area contributed by atoms with Gasteiger partial charge in [-0.25, -0.2) is 0 Å². The molecule has 0 atom stereocenters. The second-order valence-corrected chi connectivity index (χ2v) is 6.44. The summed E-state index contributed by atoms with van der Waals surface area (Å²) in [4.78, 5) is 1.16. The number of aromatic amines is 1. The Morgan fingerprint density at radius 1 is 1.29 bits per heavy atom. The number of thiophene rings is 1. The van der Waals surface area contributed by atoms with Gasteiger partial charge in [0.15, 0.2) is 0 Å². The quantitative estimate of drug-likeness (QED) is 0.672. The van der Waals surface area contributed by atoms with E-state index in [1.165, 1.54) is 0 Å². The summed E-state index contributed by atoms with van der Waals surface area (Å²) in [5, 5.41) is 13.9. The van der Waals surface area contributed by atoms with Crippen LogP contribution in [-0.4, -0.2) is 10.2 Å². The zero-order valence-corrected chi connectivity index (χ0v) is 13.6. The molecule has 6 heteroatoms. The second-order valence-electron chi connectivity index (χ2n) is 4.68. The molecule has 0 radical (unpaired) electrons. The van der Waals surface area contributed by atoms with E-state index in [0.29, 0.717) is 16.6 Å². The maximum atomic E-state index is 6.24. The van der Waals surface area contributed by atoms with Crippen molar-refractivity contribution in [3.05, 3.63) is 57.0 Å². The average Bonchev–Trinajstić information content (AvgIpc) is 3.11. The van der Waals surface area contributed by atoms with E-state index >= 15 is 0 Å². The van der Waals surface area contributed by atoms with Gasteiger partial charge in [-0.2, -0.15) is 5.10 Å². The summed E-state index contributed by atoms with van der Waals surface area (Å²) in [7, 11) is 0. The van der Waals surface area contributed by atoms with Gasteiger partial charge in [0.25, 0.3) is 0 Å². The van der Waals surface area contributed by atoms with E-state index in [4.69, 9.17) is 23.2 Å². The van der Waals surface area contributed by atoms with E-state index in [1.807, 2.05) is 36.7 Å². The van der Waals surface area contributed by atoms with Gasteiger partial charge in [0.1, 0.15) is 0 Å². The minimum atomic E-state index is 0.628. The van der Waals surface area contributed by atoms with Crippen molar-refractivity contribution in [2.75, 3.05) is 5.32 Å². The molecule has 0 bridgehead atoms. The lowest BCUT2D eigenvalue weighted by atomic mass is 10.2. The van der Waals surface area contributed by atoms with Crippen LogP contribution in [0.2, 0.25) is 10.0 Å². The lowest BCUT2D eigenvalue weighted by molar-refractivity contribution is 1.10. The first-order valence-electron chi connectivity index (χ1n) is 6.41. The van der Waals surface area contributed by atoms with Crippen molar-refractivity contribution in [1.82, 2.24) is 10.2 Å². The number of aromatic nitrogens is 2. The predicted octanol–water partition coefficient (Wildman–Crippen LogP) is 5.37. The molecule has 2 heterocycles. The van der Waals surface area contributed by atoms with Crippen LogP contribution >= 0.6 is 34.5 Å².